The molecule has 1 aromatic heterocycles. The third-order valence-electron chi connectivity index (χ3n) is 3.24. The molecule has 0 bridgehead atoms. The van der Waals surface area contributed by atoms with Crippen molar-refractivity contribution in [2.24, 2.45) is 5.10 Å². The summed E-state index contributed by atoms with van der Waals surface area (Å²) < 4.78 is 13.8. The quantitative estimate of drug-likeness (QED) is 0.539. The van der Waals surface area contributed by atoms with Crippen molar-refractivity contribution in [2.45, 2.75) is 6.92 Å². The molecule has 0 aliphatic rings. The van der Waals surface area contributed by atoms with Gasteiger partial charge in [0.15, 0.2) is 0 Å². The number of nitrogens with one attached hydrogen (secondary N) is 1. The van der Waals surface area contributed by atoms with E-state index in [0.717, 1.165) is 15.6 Å². The van der Waals surface area contributed by atoms with E-state index < -0.39 is 0 Å². The van der Waals surface area contributed by atoms with Gasteiger partial charge in [-0.15, -0.1) is 11.3 Å². The maximum absolute atomic E-state index is 12.8. The van der Waals surface area contributed by atoms with Crippen molar-refractivity contribution in [3.8, 4) is 0 Å². The molecule has 0 unspecified atom stereocenters. The molecule has 0 aliphatic carbocycles. The van der Waals surface area contributed by atoms with Crippen LogP contribution in [0, 0.1) is 12.7 Å². The highest BCUT2D eigenvalue weighted by Gasteiger charge is 2.16. The third-order valence-corrected chi connectivity index (χ3v) is 4.90. The van der Waals surface area contributed by atoms with E-state index in [1.165, 1.54) is 29.7 Å². The van der Waals surface area contributed by atoms with E-state index in [1.54, 1.807) is 12.1 Å². The lowest BCUT2D eigenvalue weighted by atomic mass is 10.2. The molecule has 0 fully saturated rings. The zero-order valence-electron chi connectivity index (χ0n) is 12.1. The Morgan fingerprint density at radius 3 is 2.74 bits per heavy atom. The highest BCUT2D eigenvalue weighted by Crippen LogP contribution is 2.35. The van der Waals surface area contributed by atoms with Gasteiger partial charge in [0.1, 0.15) is 10.7 Å². The Morgan fingerprint density at radius 1 is 1.26 bits per heavy atom. The van der Waals surface area contributed by atoms with Crippen LogP contribution in [-0.4, -0.2) is 12.1 Å². The molecule has 23 heavy (non-hydrogen) atoms. The minimum absolute atomic E-state index is 0.321. The fourth-order valence-electron chi connectivity index (χ4n) is 2.08. The van der Waals surface area contributed by atoms with Gasteiger partial charge in [0, 0.05) is 10.1 Å². The number of carbonyl (C=O) groups excluding carboxylic acids is 1. The van der Waals surface area contributed by atoms with Gasteiger partial charge in [-0.1, -0.05) is 35.9 Å². The zero-order valence-corrected chi connectivity index (χ0v) is 13.7. The summed E-state index contributed by atoms with van der Waals surface area (Å²) in [6, 6.07) is 11.6. The van der Waals surface area contributed by atoms with E-state index in [-0.39, 0.29) is 11.7 Å². The second kappa shape index (κ2) is 6.48. The highest BCUT2D eigenvalue weighted by molar-refractivity contribution is 7.21. The molecule has 3 nitrogen and oxygen atoms in total. The van der Waals surface area contributed by atoms with Crippen LogP contribution >= 0.6 is 22.9 Å². The van der Waals surface area contributed by atoms with E-state index in [9.17, 15) is 9.18 Å². The molecule has 2 aromatic carbocycles. The average Bonchev–Trinajstić information content (AvgIpc) is 2.85. The highest BCUT2D eigenvalue weighted by atomic mass is 35.5. The van der Waals surface area contributed by atoms with Crippen molar-refractivity contribution in [3.05, 3.63) is 69.3 Å². The van der Waals surface area contributed by atoms with Gasteiger partial charge in [-0.25, -0.2) is 9.82 Å². The first-order chi connectivity index (χ1) is 11.0. The monoisotopic (exact) mass is 346 g/mol. The number of hydrogen-bond acceptors (Lipinski definition) is 3. The molecule has 1 N–H and O–H groups in total. The fourth-order valence-corrected chi connectivity index (χ4v) is 3.59. The largest absolute Gasteiger partial charge is 0.283 e. The molecule has 6 heteroatoms. The number of aryl methyl sites for hydroxylation is 1. The minimum atomic E-state index is -0.368. The fraction of sp³-hybridized carbons (Fsp3) is 0.0588. The van der Waals surface area contributed by atoms with Gasteiger partial charge < -0.3 is 0 Å². The van der Waals surface area contributed by atoms with Gasteiger partial charge in [0.05, 0.1) is 11.2 Å². The summed E-state index contributed by atoms with van der Waals surface area (Å²) in [5.74, 6) is -0.689. The second-order valence-electron chi connectivity index (χ2n) is 5.00. The van der Waals surface area contributed by atoms with Crippen molar-refractivity contribution >= 4 is 45.1 Å². The van der Waals surface area contributed by atoms with Crippen LogP contribution in [-0.2, 0) is 0 Å². The molecule has 0 aliphatic heterocycles. The summed E-state index contributed by atoms with van der Waals surface area (Å²) >= 11 is 7.60. The maximum atomic E-state index is 12.8. The lowest BCUT2D eigenvalue weighted by Gasteiger charge is -1.97. The average molecular weight is 347 g/mol. The Bertz CT molecular complexity index is 903. The Kier molecular flexibility index (Phi) is 4.41. The van der Waals surface area contributed by atoms with Gasteiger partial charge in [0.25, 0.3) is 5.91 Å². The predicted molar refractivity (Wildman–Crippen MR) is 93.0 cm³/mol. The van der Waals surface area contributed by atoms with Crippen LogP contribution in [0.3, 0.4) is 0 Å². The first-order valence-electron chi connectivity index (χ1n) is 6.82. The van der Waals surface area contributed by atoms with Crippen molar-refractivity contribution < 1.29 is 9.18 Å². The predicted octanol–water partition coefficient (Wildman–Crippen LogP) is 4.77. The Hall–Kier alpha value is -2.24. The molecule has 0 atom stereocenters. The number of benzene rings is 2. The van der Waals surface area contributed by atoms with E-state index >= 15 is 0 Å². The topological polar surface area (TPSA) is 41.5 Å². The molecule has 0 spiro atoms. The molecule has 3 aromatic rings. The van der Waals surface area contributed by atoms with E-state index in [0.29, 0.717) is 15.5 Å². The van der Waals surface area contributed by atoms with Gasteiger partial charge in [-0.2, -0.15) is 5.10 Å². The number of amides is 1. The molecule has 0 radical (unpaired) electrons. The van der Waals surface area contributed by atoms with Gasteiger partial charge in [-0.05, 0) is 36.2 Å². The Labute approximate surface area is 141 Å². The van der Waals surface area contributed by atoms with Crippen LogP contribution in [0.1, 0.15) is 20.8 Å². The van der Waals surface area contributed by atoms with Crippen molar-refractivity contribution in [2.75, 3.05) is 0 Å². The molecule has 0 saturated heterocycles. The molecular weight excluding hydrogens is 335 g/mol. The number of hydrogen-bond donors (Lipinski definition) is 1. The number of fused-ring (bicyclic) bond motifs is 1. The van der Waals surface area contributed by atoms with Crippen LogP contribution in [0.4, 0.5) is 4.39 Å². The normalized spacial score (nSPS) is 11.3. The zero-order chi connectivity index (χ0) is 16.4. The standard InChI is InChI=1S/C17H12ClFN2OS/c1-10-2-7-13-14(8-10)23-16(15(13)18)17(22)21-20-9-11-3-5-12(19)6-4-11/h2-9H,1H3,(H,21,22)/b20-9-. The first kappa shape index (κ1) is 15.6. The van der Waals surface area contributed by atoms with E-state index in [4.69, 9.17) is 11.6 Å². The van der Waals surface area contributed by atoms with Crippen molar-refractivity contribution in [3.63, 3.8) is 0 Å². The maximum Gasteiger partial charge on any atom is 0.283 e. The molecule has 1 heterocycles. The Morgan fingerprint density at radius 2 is 2.00 bits per heavy atom. The SMILES string of the molecule is Cc1ccc2c(Cl)c(C(=O)N/N=C\c3ccc(F)cc3)sc2c1. The number of hydrazone groups is 1. The summed E-state index contributed by atoms with van der Waals surface area (Å²) in [6.07, 6.45) is 1.45. The summed E-state index contributed by atoms with van der Waals surface area (Å²) in [6.45, 7) is 1.99. The van der Waals surface area contributed by atoms with Crippen molar-refractivity contribution in [1.82, 2.24) is 5.43 Å². The Balaban J connectivity index is 1.78. The summed E-state index contributed by atoms with van der Waals surface area (Å²) in [5, 5.41) is 5.16. The number of rotatable bonds is 3. The number of nitrogens with zero attached hydrogens (tertiary/aromatic N) is 1. The molecule has 1 amide bonds. The number of carbonyl (C=O) groups is 1. The second-order valence-corrected chi connectivity index (χ2v) is 6.43. The van der Waals surface area contributed by atoms with E-state index in [1.807, 2.05) is 25.1 Å². The summed E-state index contributed by atoms with van der Waals surface area (Å²) in [5.41, 5.74) is 4.23. The van der Waals surface area contributed by atoms with Gasteiger partial charge >= 0.3 is 0 Å². The lowest BCUT2D eigenvalue weighted by Crippen LogP contribution is -2.16. The lowest BCUT2D eigenvalue weighted by molar-refractivity contribution is 0.0959. The summed E-state index contributed by atoms with van der Waals surface area (Å²) in [4.78, 5) is 12.6. The van der Waals surface area contributed by atoms with Crippen molar-refractivity contribution in [1.29, 1.82) is 0 Å². The molecule has 0 saturated carbocycles. The van der Waals surface area contributed by atoms with Crippen LogP contribution in [0.15, 0.2) is 47.6 Å². The molecule has 3 rings (SSSR count). The van der Waals surface area contributed by atoms with Crippen LogP contribution in [0.5, 0.6) is 0 Å². The van der Waals surface area contributed by atoms with Crippen LogP contribution in [0.25, 0.3) is 10.1 Å². The van der Waals surface area contributed by atoms with Gasteiger partial charge in [-0.3, -0.25) is 4.79 Å². The smallest absolute Gasteiger partial charge is 0.266 e. The number of halogens is 2. The minimum Gasteiger partial charge on any atom is -0.266 e. The van der Waals surface area contributed by atoms with Crippen LogP contribution in [0.2, 0.25) is 5.02 Å². The molecular formula is C17H12ClFN2OS. The third kappa shape index (κ3) is 3.41. The molecule has 116 valence electrons. The first-order valence-corrected chi connectivity index (χ1v) is 8.01. The summed E-state index contributed by atoms with van der Waals surface area (Å²) in [7, 11) is 0. The van der Waals surface area contributed by atoms with Crippen LogP contribution < -0.4 is 5.43 Å². The van der Waals surface area contributed by atoms with E-state index in [2.05, 4.69) is 10.5 Å². The van der Waals surface area contributed by atoms with Gasteiger partial charge in [0.2, 0.25) is 0 Å². The number of thiophene rings is 1.